The summed E-state index contributed by atoms with van der Waals surface area (Å²) >= 11 is 0. The van der Waals surface area contributed by atoms with Gasteiger partial charge in [-0.05, 0) is 30.5 Å². The molecule has 3 aromatic carbocycles. The Morgan fingerprint density at radius 3 is 1.94 bits per heavy atom. The Bertz CT molecular complexity index is 897. The Hall–Kier alpha value is -2.95. The number of carbonyl (C=O) groups excluding carboxylic acids is 1. The van der Waals surface area contributed by atoms with E-state index < -0.39 is 0 Å². The standard InChI is InChI=1S/C27H31NO3/c1-20-14-21(2)16-22(15-20)18-31-19-25(28-17-26(29)30-3)27(23-10-6-4-7-11-23)24-12-8-5-9-13-24/h4-16,25,27-28H,17-19H2,1-3H3. The Labute approximate surface area is 185 Å². The summed E-state index contributed by atoms with van der Waals surface area (Å²) in [4.78, 5) is 11.9. The number of carbonyl (C=O) groups is 1. The van der Waals surface area contributed by atoms with Gasteiger partial charge in [0.05, 0.1) is 26.9 Å². The first-order valence-corrected chi connectivity index (χ1v) is 10.6. The SMILES string of the molecule is COC(=O)CNC(COCc1cc(C)cc(C)c1)C(c1ccccc1)c1ccccc1. The molecule has 0 spiro atoms. The molecule has 0 aliphatic rings. The number of ether oxygens (including phenoxy) is 2. The van der Waals surface area contributed by atoms with Crippen molar-refractivity contribution in [2.24, 2.45) is 0 Å². The Morgan fingerprint density at radius 1 is 0.871 bits per heavy atom. The second-order valence-corrected chi connectivity index (χ2v) is 7.87. The van der Waals surface area contributed by atoms with Crippen molar-refractivity contribution < 1.29 is 14.3 Å². The topological polar surface area (TPSA) is 47.6 Å². The summed E-state index contributed by atoms with van der Waals surface area (Å²) in [7, 11) is 1.40. The minimum atomic E-state index is -0.292. The molecule has 162 valence electrons. The van der Waals surface area contributed by atoms with Crippen LogP contribution in [-0.2, 0) is 20.9 Å². The van der Waals surface area contributed by atoms with E-state index in [9.17, 15) is 4.79 Å². The van der Waals surface area contributed by atoms with Gasteiger partial charge in [0.25, 0.3) is 0 Å². The van der Waals surface area contributed by atoms with Crippen LogP contribution in [0.1, 0.15) is 33.7 Å². The van der Waals surface area contributed by atoms with E-state index in [1.54, 1.807) is 0 Å². The van der Waals surface area contributed by atoms with Crippen molar-refractivity contribution in [3.63, 3.8) is 0 Å². The normalized spacial score (nSPS) is 12.0. The molecule has 1 N–H and O–H groups in total. The van der Waals surface area contributed by atoms with Crippen molar-refractivity contribution in [3.8, 4) is 0 Å². The van der Waals surface area contributed by atoms with Crippen LogP contribution in [0.15, 0.2) is 78.9 Å². The van der Waals surface area contributed by atoms with Gasteiger partial charge in [-0.3, -0.25) is 4.79 Å². The average Bonchev–Trinajstić information content (AvgIpc) is 2.78. The summed E-state index contributed by atoms with van der Waals surface area (Å²) in [6.07, 6.45) is 0. The highest BCUT2D eigenvalue weighted by Gasteiger charge is 2.25. The predicted octanol–water partition coefficient (Wildman–Crippen LogP) is 4.78. The zero-order valence-electron chi connectivity index (χ0n) is 18.5. The summed E-state index contributed by atoms with van der Waals surface area (Å²) in [5, 5.41) is 3.38. The van der Waals surface area contributed by atoms with Gasteiger partial charge < -0.3 is 14.8 Å². The minimum absolute atomic E-state index is 0.0336. The van der Waals surface area contributed by atoms with E-state index >= 15 is 0 Å². The van der Waals surface area contributed by atoms with Crippen LogP contribution in [0.25, 0.3) is 0 Å². The molecular formula is C27H31NO3. The van der Waals surface area contributed by atoms with E-state index in [0.717, 1.165) is 5.56 Å². The highest BCUT2D eigenvalue weighted by Crippen LogP contribution is 2.28. The number of hydrogen-bond donors (Lipinski definition) is 1. The molecule has 0 fully saturated rings. The zero-order valence-corrected chi connectivity index (χ0v) is 18.5. The van der Waals surface area contributed by atoms with Crippen molar-refractivity contribution in [1.82, 2.24) is 5.32 Å². The molecule has 4 heteroatoms. The summed E-state index contributed by atoms with van der Waals surface area (Å²) in [6, 6.07) is 27.0. The maximum Gasteiger partial charge on any atom is 0.319 e. The lowest BCUT2D eigenvalue weighted by Crippen LogP contribution is -2.42. The third-order valence-electron chi connectivity index (χ3n) is 5.30. The lowest BCUT2D eigenvalue weighted by molar-refractivity contribution is -0.139. The van der Waals surface area contributed by atoms with Gasteiger partial charge >= 0.3 is 5.97 Å². The molecule has 0 bridgehead atoms. The first-order chi connectivity index (χ1) is 15.1. The summed E-state index contributed by atoms with van der Waals surface area (Å²) in [5.74, 6) is -0.259. The maximum absolute atomic E-state index is 11.9. The van der Waals surface area contributed by atoms with Gasteiger partial charge in [0.2, 0.25) is 0 Å². The number of nitrogens with one attached hydrogen (secondary N) is 1. The van der Waals surface area contributed by atoms with Crippen molar-refractivity contribution in [1.29, 1.82) is 0 Å². The van der Waals surface area contributed by atoms with Crippen molar-refractivity contribution in [2.75, 3.05) is 20.3 Å². The fourth-order valence-electron chi connectivity index (χ4n) is 3.99. The number of methoxy groups -OCH3 is 1. The van der Waals surface area contributed by atoms with Gasteiger partial charge in [-0.2, -0.15) is 0 Å². The highest BCUT2D eigenvalue weighted by atomic mass is 16.5. The molecule has 0 aliphatic carbocycles. The average molecular weight is 418 g/mol. The van der Waals surface area contributed by atoms with E-state index in [4.69, 9.17) is 9.47 Å². The number of rotatable bonds is 10. The van der Waals surface area contributed by atoms with Crippen molar-refractivity contribution >= 4 is 5.97 Å². The molecule has 31 heavy (non-hydrogen) atoms. The second-order valence-electron chi connectivity index (χ2n) is 7.87. The second kappa shape index (κ2) is 11.4. The van der Waals surface area contributed by atoms with Crippen molar-refractivity contribution in [2.45, 2.75) is 32.4 Å². The Balaban J connectivity index is 1.83. The summed E-state index contributed by atoms with van der Waals surface area (Å²) in [6.45, 7) is 5.30. The van der Waals surface area contributed by atoms with Crippen LogP contribution in [-0.4, -0.2) is 32.3 Å². The van der Waals surface area contributed by atoms with Crippen LogP contribution in [0.4, 0.5) is 0 Å². The number of aryl methyl sites for hydroxylation is 2. The maximum atomic E-state index is 11.9. The first kappa shape index (κ1) is 22.7. The molecule has 1 atom stereocenters. The molecule has 1 unspecified atom stereocenters. The lowest BCUT2D eigenvalue weighted by Gasteiger charge is -2.29. The third kappa shape index (κ3) is 6.78. The van der Waals surface area contributed by atoms with E-state index in [1.165, 1.54) is 29.4 Å². The highest BCUT2D eigenvalue weighted by molar-refractivity contribution is 5.71. The van der Waals surface area contributed by atoms with Crippen LogP contribution in [0.3, 0.4) is 0 Å². The van der Waals surface area contributed by atoms with Crippen molar-refractivity contribution in [3.05, 3.63) is 107 Å². The predicted molar refractivity (Wildman–Crippen MR) is 124 cm³/mol. The van der Waals surface area contributed by atoms with Gasteiger partial charge in [0.15, 0.2) is 0 Å². The van der Waals surface area contributed by atoms with Crippen LogP contribution in [0, 0.1) is 13.8 Å². The fraction of sp³-hybridized carbons (Fsp3) is 0.296. The molecule has 4 nitrogen and oxygen atoms in total. The molecule has 0 heterocycles. The summed E-state index contributed by atoms with van der Waals surface area (Å²) < 4.78 is 11.0. The van der Waals surface area contributed by atoms with Crippen LogP contribution >= 0.6 is 0 Å². The first-order valence-electron chi connectivity index (χ1n) is 10.6. The molecule has 0 aliphatic heterocycles. The van der Waals surface area contributed by atoms with Crippen LogP contribution in [0.5, 0.6) is 0 Å². The van der Waals surface area contributed by atoms with Gasteiger partial charge in [-0.1, -0.05) is 90.0 Å². The van der Waals surface area contributed by atoms with Gasteiger partial charge in [0, 0.05) is 12.0 Å². The monoisotopic (exact) mass is 417 g/mol. The minimum Gasteiger partial charge on any atom is -0.468 e. The molecule has 0 saturated carbocycles. The molecule has 0 amide bonds. The van der Waals surface area contributed by atoms with Gasteiger partial charge in [-0.25, -0.2) is 0 Å². The molecule has 0 saturated heterocycles. The Morgan fingerprint density at radius 2 is 1.42 bits per heavy atom. The van der Waals surface area contributed by atoms with Gasteiger partial charge in [-0.15, -0.1) is 0 Å². The fourth-order valence-corrected chi connectivity index (χ4v) is 3.99. The largest absolute Gasteiger partial charge is 0.468 e. The number of benzene rings is 3. The van der Waals surface area contributed by atoms with Gasteiger partial charge in [0.1, 0.15) is 0 Å². The molecule has 3 aromatic rings. The smallest absolute Gasteiger partial charge is 0.319 e. The molecule has 3 rings (SSSR count). The van der Waals surface area contributed by atoms with E-state index in [0.29, 0.717) is 13.2 Å². The van der Waals surface area contributed by atoms with E-state index in [1.807, 2.05) is 36.4 Å². The van der Waals surface area contributed by atoms with Crippen LogP contribution < -0.4 is 5.32 Å². The van der Waals surface area contributed by atoms with E-state index in [-0.39, 0.29) is 24.5 Å². The lowest BCUT2D eigenvalue weighted by atomic mass is 9.85. The van der Waals surface area contributed by atoms with Crippen LogP contribution in [0.2, 0.25) is 0 Å². The molecule has 0 aromatic heterocycles. The molecule has 0 radical (unpaired) electrons. The zero-order chi connectivity index (χ0) is 22.1. The molecular weight excluding hydrogens is 386 g/mol. The number of esters is 1. The third-order valence-corrected chi connectivity index (χ3v) is 5.30. The summed E-state index contributed by atoms with van der Waals surface area (Å²) in [5.41, 5.74) is 5.95. The van der Waals surface area contributed by atoms with E-state index in [2.05, 4.69) is 61.6 Å². The quantitative estimate of drug-likeness (QED) is 0.482. The Kier molecular flexibility index (Phi) is 8.39. The number of hydrogen-bond acceptors (Lipinski definition) is 4.